The van der Waals surface area contributed by atoms with Crippen molar-refractivity contribution in [2.75, 3.05) is 40.4 Å². The predicted molar refractivity (Wildman–Crippen MR) is 59.4 cm³/mol. The molecule has 0 fully saturated rings. The van der Waals surface area contributed by atoms with Gasteiger partial charge in [-0.15, -0.1) is 0 Å². The Labute approximate surface area is 99.9 Å². The van der Waals surface area contributed by atoms with Crippen LogP contribution < -0.4 is 0 Å². The quantitative estimate of drug-likeness (QED) is 0.624. The summed E-state index contributed by atoms with van der Waals surface area (Å²) in [6.45, 7) is 1.22. The van der Waals surface area contributed by atoms with Gasteiger partial charge in [0.1, 0.15) is 13.2 Å². The van der Waals surface area contributed by atoms with Crippen LogP contribution in [0.2, 0.25) is 0 Å². The molecule has 7 nitrogen and oxygen atoms in total. The van der Waals surface area contributed by atoms with E-state index < -0.39 is 18.5 Å². The molecule has 0 unspecified atom stereocenters. The Morgan fingerprint density at radius 1 is 1.12 bits per heavy atom. The number of amides is 2. The predicted octanol–water partition coefficient (Wildman–Crippen LogP) is -0.976. The van der Waals surface area contributed by atoms with E-state index in [1.54, 1.807) is 21.0 Å². The number of rotatable bonds is 7. The fraction of sp³-hybridized carbons (Fsp3) is 0.700. The van der Waals surface area contributed by atoms with Gasteiger partial charge in [0.15, 0.2) is 0 Å². The van der Waals surface area contributed by atoms with E-state index in [2.05, 4.69) is 4.74 Å². The number of carbonyl (C=O) groups is 3. The molecule has 0 aromatic carbocycles. The van der Waals surface area contributed by atoms with Crippen LogP contribution in [0, 0.1) is 0 Å². The van der Waals surface area contributed by atoms with Crippen molar-refractivity contribution in [2.45, 2.75) is 6.92 Å². The fourth-order valence-corrected chi connectivity index (χ4v) is 0.998. The molecule has 2 amide bonds. The Bertz CT molecular complexity index is 290. The highest BCUT2D eigenvalue weighted by Gasteiger charge is 2.16. The molecule has 98 valence electrons. The highest BCUT2D eigenvalue weighted by molar-refractivity contribution is 5.85. The summed E-state index contributed by atoms with van der Waals surface area (Å²) in [5, 5.41) is 8.33. The van der Waals surface area contributed by atoms with E-state index in [0.29, 0.717) is 6.54 Å². The Hall–Kier alpha value is -1.63. The smallest absolute Gasteiger partial charge is 0.329 e. The third-order valence-corrected chi connectivity index (χ3v) is 2.01. The summed E-state index contributed by atoms with van der Waals surface area (Å²) in [4.78, 5) is 35.8. The van der Waals surface area contributed by atoms with Crippen molar-refractivity contribution in [2.24, 2.45) is 0 Å². The average molecular weight is 246 g/mol. The first-order chi connectivity index (χ1) is 7.88. The lowest BCUT2D eigenvalue weighted by Gasteiger charge is -2.22. The van der Waals surface area contributed by atoms with Crippen molar-refractivity contribution >= 4 is 17.8 Å². The summed E-state index contributed by atoms with van der Waals surface area (Å²) >= 11 is 0. The lowest BCUT2D eigenvalue weighted by atomic mass is 10.4. The molecule has 0 aromatic heterocycles. The van der Waals surface area contributed by atoms with Gasteiger partial charge >= 0.3 is 5.97 Å². The average Bonchev–Trinajstić information content (AvgIpc) is 2.24. The topological polar surface area (TPSA) is 87.2 Å². The zero-order chi connectivity index (χ0) is 13.4. The number of carboxylic acids is 1. The molecule has 0 saturated heterocycles. The minimum atomic E-state index is -1.13. The molecular weight excluding hydrogens is 228 g/mol. The minimum Gasteiger partial charge on any atom is -0.480 e. The zero-order valence-electron chi connectivity index (χ0n) is 10.3. The van der Waals surface area contributed by atoms with Gasteiger partial charge in [0.25, 0.3) is 0 Å². The highest BCUT2D eigenvalue weighted by atomic mass is 16.5. The maximum absolute atomic E-state index is 11.6. The van der Waals surface area contributed by atoms with Crippen molar-refractivity contribution in [3.05, 3.63) is 0 Å². The van der Waals surface area contributed by atoms with Crippen LogP contribution in [-0.4, -0.2) is 73.1 Å². The molecule has 0 atom stereocenters. The Morgan fingerprint density at radius 2 is 1.71 bits per heavy atom. The molecule has 0 saturated carbocycles. The first-order valence-corrected chi connectivity index (χ1v) is 5.16. The number of ether oxygens (including phenoxy) is 1. The molecule has 0 aromatic rings. The monoisotopic (exact) mass is 246 g/mol. The largest absolute Gasteiger partial charge is 0.480 e. The summed E-state index contributed by atoms with van der Waals surface area (Å²) in [6, 6.07) is 0. The van der Waals surface area contributed by atoms with Gasteiger partial charge in [-0.2, -0.15) is 0 Å². The SMILES string of the molecule is CCN(CC(=O)N(C)C)C(=O)COCC(=O)O. The molecule has 0 aliphatic rings. The summed E-state index contributed by atoms with van der Waals surface area (Å²) in [6.07, 6.45) is 0. The van der Waals surface area contributed by atoms with E-state index in [9.17, 15) is 14.4 Å². The number of carbonyl (C=O) groups excluding carboxylic acids is 2. The zero-order valence-corrected chi connectivity index (χ0v) is 10.3. The van der Waals surface area contributed by atoms with Crippen LogP contribution in [0.3, 0.4) is 0 Å². The van der Waals surface area contributed by atoms with Gasteiger partial charge in [-0.05, 0) is 6.92 Å². The van der Waals surface area contributed by atoms with Crippen LogP contribution in [0.4, 0.5) is 0 Å². The number of likely N-dealkylation sites (N-methyl/N-ethyl adjacent to an activating group) is 2. The molecular formula is C10H18N2O5. The van der Waals surface area contributed by atoms with Gasteiger partial charge in [0.05, 0.1) is 6.54 Å². The molecule has 7 heteroatoms. The van der Waals surface area contributed by atoms with Crippen molar-refractivity contribution in [3.63, 3.8) is 0 Å². The van der Waals surface area contributed by atoms with Gasteiger partial charge in [-0.25, -0.2) is 4.79 Å². The van der Waals surface area contributed by atoms with Crippen molar-refractivity contribution in [1.82, 2.24) is 9.80 Å². The number of hydrogen-bond acceptors (Lipinski definition) is 4. The third kappa shape index (κ3) is 6.52. The standard InChI is InChI=1S/C10H18N2O5/c1-4-12(5-8(13)11(2)3)9(14)6-17-7-10(15)16/h4-7H2,1-3H3,(H,15,16). The second kappa shape index (κ2) is 7.61. The number of nitrogens with zero attached hydrogens (tertiary/aromatic N) is 2. The Kier molecular flexibility index (Phi) is 6.88. The van der Waals surface area contributed by atoms with Gasteiger partial charge in [0.2, 0.25) is 11.8 Å². The molecule has 0 heterocycles. The van der Waals surface area contributed by atoms with E-state index in [1.165, 1.54) is 9.80 Å². The first-order valence-electron chi connectivity index (χ1n) is 5.16. The molecule has 17 heavy (non-hydrogen) atoms. The van der Waals surface area contributed by atoms with E-state index >= 15 is 0 Å². The van der Waals surface area contributed by atoms with E-state index in [1.807, 2.05) is 0 Å². The Morgan fingerprint density at radius 3 is 2.12 bits per heavy atom. The van der Waals surface area contributed by atoms with Gasteiger partial charge in [-0.3, -0.25) is 9.59 Å². The second-order valence-electron chi connectivity index (χ2n) is 3.58. The van der Waals surface area contributed by atoms with Crippen LogP contribution >= 0.6 is 0 Å². The van der Waals surface area contributed by atoms with Crippen LogP contribution in [0.5, 0.6) is 0 Å². The molecule has 0 aliphatic heterocycles. The molecule has 0 aliphatic carbocycles. The van der Waals surface area contributed by atoms with Crippen molar-refractivity contribution in [1.29, 1.82) is 0 Å². The normalized spacial score (nSPS) is 9.82. The highest BCUT2D eigenvalue weighted by Crippen LogP contribution is 1.93. The number of hydrogen-bond donors (Lipinski definition) is 1. The molecule has 0 bridgehead atoms. The van der Waals surface area contributed by atoms with Gasteiger partial charge < -0.3 is 19.6 Å². The maximum Gasteiger partial charge on any atom is 0.329 e. The fourth-order valence-electron chi connectivity index (χ4n) is 0.998. The number of carboxylic acid groups (broad SMARTS) is 1. The van der Waals surface area contributed by atoms with Gasteiger partial charge in [0, 0.05) is 20.6 Å². The Balaban J connectivity index is 4.12. The summed E-state index contributed by atoms with van der Waals surface area (Å²) < 4.78 is 4.67. The lowest BCUT2D eigenvalue weighted by molar-refractivity contribution is -0.147. The summed E-state index contributed by atoms with van der Waals surface area (Å²) in [5.41, 5.74) is 0. The van der Waals surface area contributed by atoms with E-state index in [0.717, 1.165) is 0 Å². The second-order valence-corrected chi connectivity index (χ2v) is 3.58. The maximum atomic E-state index is 11.6. The van der Waals surface area contributed by atoms with Crippen LogP contribution in [0.1, 0.15) is 6.92 Å². The lowest BCUT2D eigenvalue weighted by Crippen LogP contribution is -2.41. The number of aliphatic carboxylic acids is 1. The first kappa shape index (κ1) is 15.4. The third-order valence-electron chi connectivity index (χ3n) is 2.01. The van der Waals surface area contributed by atoms with Crippen LogP contribution in [0.25, 0.3) is 0 Å². The molecule has 0 rings (SSSR count). The van der Waals surface area contributed by atoms with Crippen molar-refractivity contribution < 1.29 is 24.2 Å². The summed E-state index contributed by atoms with van der Waals surface area (Å²) in [7, 11) is 3.20. The van der Waals surface area contributed by atoms with E-state index in [-0.39, 0.29) is 19.1 Å². The van der Waals surface area contributed by atoms with E-state index in [4.69, 9.17) is 5.11 Å². The molecule has 1 N–H and O–H groups in total. The molecule has 0 radical (unpaired) electrons. The van der Waals surface area contributed by atoms with Crippen LogP contribution in [0.15, 0.2) is 0 Å². The van der Waals surface area contributed by atoms with Crippen LogP contribution in [-0.2, 0) is 19.1 Å². The summed E-state index contributed by atoms with van der Waals surface area (Å²) in [5.74, 6) is -1.73. The minimum absolute atomic E-state index is 0.0290. The van der Waals surface area contributed by atoms with Crippen molar-refractivity contribution in [3.8, 4) is 0 Å². The van der Waals surface area contributed by atoms with Gasteiger partial charge in [-0.1, -0.05) is 0 Å². The molecule has 0 spiro atoms.